The van der Waals surface area contributed by atoms with Crippen molar-refractivity contribution in [2.75, 3.05) is 27.2 Å². The van der Waals surface area contributed by atoms with E-state index in [4.69, 9.17) is 0 Å². The van der Waals surface area contributed by atoms with Crippen molar-refractivity contribution >= 4 is 27.8 Å². The molecule has 0 aliphatic heterocycles. The van der Waals surface area contributed by atoms with Gasteiger partial charge in [0.15, 0.2) is 0 Å². The van der Waals surface area contributed by atoms with Gasteiger partial charge in [-0.3, -0.25) is 4.99 Å². The highest BCUT2D eigenvalue weighted by Crippen LogP contribution is 2.27. The van der Waals surface area contributed by atoms with Gasteiger partial charge in [-0.1, -0.05) is 48.5 Å². The molecule has 3 aromatic rings. The third-order valence-electron chi connectivity index (χ3n) is 3.71. The summed E-state index contributed by atoms with van der Waals surface area (Å²) in [6.45, 7) is 1.80. The van der Waals surface area contributed by atoms with Crippen molar-refractivity contribution in [3.8, 4) is 0 Å². The van der Waals surface area contributed by atoms with Crippen molar-refractivity contribution in [2.45, 2.75) is 0 Å². The van der Waals surface area contributed by atoms with Crippen molar-refractivity contribution in [2.24, 2.45) is 4.99 Å². The lowest BCUT2D eigenvalue weighted by molar-refractivity contribution is 0.421. The topological polar surface area (TPSA) is 15.6 Å². The highest BCUT2D eigenvalue weighted by molar-refractivity contribution is 6.13. The Labute approximate surface area is 125 Å². The molecule has 0 heterocycles. The Kier molecular flexibility index (Phi) is 3.98. The van der Waals surface area contributed by atoms with Gasteiger partial charge in [-0.2, -0.15) is 0 Å². The van der Waals surface area contributed by atoms with E-state index >= 15 is 0 Å². The molecule has 3 rings (SSSR count). The zero-order chi connectivity index (χ0) is 14.7. The maximum Gasteiger partial charge on any atom is 0.0516 e. The lowest BCUT2D eigenvalue weighted by atomic mass is 9.97. The van der Waals surface area contributed by atoms with Gasteiger partial charge in [0, 0.05) is 18.3 Å². The molecule has 0 saturated heterocycles. The summed E-state index contributed by atoms with van der Waals surface area (Å²) >= 11 is 0. The first-order chi connectivity index (χ1) is 10.3. The number of rotatable bonds is 4. The summed E-state index contributed by atoms with van der Waals surface area (Å²) in [5, 5.41) is 5.07. The summed E-state index contributed by atoms with van der Waals surface area (Å²) in [4.78, 5) is 6.77. The summed E-state index contributed by atoms with van der Waals surface area (Å²) in [6, 6.07) is 19.3. The first kappa shape index (κ1) is 13.8. The molecule has 0 bridgehead atoms. The van der Waals surface area contributed by atoms with Crippen LogP contribution in [0.1, 0.15) is 5.56 Å². The van der Waals surface area contributed by atoms with Crippen molar-refractivity contribution in [1.82, 2.24) is 4.90 Å². The quantitative estimate of drug-likeness (QED) is 0.520. The summed E-state index contributed by atoms with van der Waals surface area (Å²) in [5.74, 6) is 0. The first-order valence-corrected chi connectivity index (χ1v) is 7.31. The standard InChI is InChI=1S/C19H20N2/c1-21(2)12-11-20-14-19-17-9-5-3-7-15(17)13-16-8-4-6-10-18(16)19/h3-10,13-14H,11-12H2,1-2H3. The summed E-state index contributed by atoms with van der Waals surface area (Å²) in [7, 11) is 4.14. The third kappa shape index (κ3) is 2.96. The molecule has 0 spiro atoms. The molecule has 2 heteroatoms. The molecule has 0 radical (unpaired) electrons. The van der Waals surface area contributed by atoms with Crippen LogP contribution >= 0.6 is 0 Å². The minimum absolute atomic E-state index is 0.824. The number of nitrogens with zero attached hydrogens (tertiary/aromatic N) is 2. The fraction of sp³-hybridized carbons (Fsp3) is 0.211. The Balaban J connectivity index is 2.11. The van der Waals surface area contributed by atoms with Crippen LogP contribution in [0.3, 0.4) is 0 Å². The normalized spacial score (nSPS) is 12.0. The van der Waals surface area contributed by atoms with E-state index in [2.05, 4.69) is 78.6 Å². The van der Waals surface area contributed by atoms with Crippen LogP contribution < -0.4 is 0 Å². The number of fused-ring (bicyclic) bond motifs is 2. The van der Waals surface area contributed by atoms with Crippen molar-refractivity contribution < 1.29 is 0 Å². The zero-order valence-corrected chi connectivity index (χ0v) is 12.6. The van der Waals surface area contributed by atoms with Gasteiger partial charge >= 0.3 is 0 Å². The molecular weight excluding hydrogens is 256 g/mol. The average molecular weight is 276 g/mol. The summed E-state index contributed by atoms with van der Waals surface area (Å²) in [5.41, 5.74) is 1.22. The molecule has 106 valence electrons. The Morgan fingerprint density at radius 3 is 2.05 bits per heavy atom. The predicted octanol–water partition coefficient (Wildman–Crippen LogP) is 3.97. The van der Waals surface area contributed by atoms with Crippen LogP contribution in [0.25, 0.3) is 21.5 Å². The smallest absolute Gasteiger partial charge is 0.0516 e. The molecule has 2 nitrogen and oxygen atoms in total. The molecule has 21 heavy (non-hydrogen) atoms. The molecule has 3 aromatic carbocycles. The number of hydrogen-bond acceptors (Lipinski definition) is 2. The second kappa shape index (κ2) is 6.06. The molecule has 0 fully saturated rings. The highest BCUT2D eigenvalue weighted by atomic mass is 15.1. The lowest BCUT2D eigenvalue weighted by Crippen LogP contribution is -2.15. The van der Waals surface area contributed by atoms with Gasteiger partial charge < -0.3 is 4.90 Å². The minimum atomic E-state index is 0.824. The lowest BCUT2D eigenvalue weighted by Gasteiger charge is -2.09. The van der Waals surface area contributed by atoms with E-state index < -0.39 is 0 Å². The second-order valence-corrected chi connectivity index (χ2v) is 5.57. The van der Waals surface area contributed by atoms with E-state index in [9.17, 15) is 0 Å². The Morgan fingerprint density at radius 2 is 1.48 bits per heavy atom. The van der Waals surface area contributed by atoms with Crippen molar-refractivity contribution in [3.05, 3.63) is 60.2 Å². The van der Waals surface area contributed by atoms with Crippen LogP contribution in [0, 0.1) is 0 Å². The average Bonchev–Trinajstić information content (AvgIpc) is 2.50. The summed E-state index contributed by atoms with van der Waals surface area (Å²) < 4.78 is 0. The van der Waals surface area contributed by atoms with E-state index in [-0.39, 0.29) is 0 Å². The predicted molar refractivity (Wildman–Crippen MR) is 92.5 cm³/mol. The first-order valence-electron chi connectivity index (χ1n) is 7.31. The van der Waals surface area contributed by atoms with Gasteiger partial charge in [0.1, 0.15) is 0 Å². The molecular formula is C19H20N2. The monoisotopic (exact) mass is 276 g/mol. The van der Waals surface area contributed by atoms with Crippen LogP contribution in [0.5, 0.6) is 0 Å². The van der Waals surface area contributed by atoms with Crippen molar-refractivity contribution in [3.63, 3.8) is 0 Å². The SMILES string of the molecule is CN(C)CCN=Cc1c2ccccc2cc2ccccc12. The van der Waals surface area contributed by atoms with Gasteiger partial charge in [0.2, 0.25) is 0 Å². The molecule has 0 aromatic heterocycles. The molecule has 0 N–H and O–H groups in total. The van der Waals surface area contributed by atoms with Crippen LogP contribution in [0.4, 0.5) is 0 Å². The molecule has 0 aliphatic carbocycles. The molecule has 0 amide bonds. The molecule has 0 saturated carbocycles. The third-order valence-corrected chi connectivity index (χ3v) is 3.71. The Hall–Kier alpha value is -2.19. The number of aliphatic imine (C=N–C) groups is 1. The van der Waals surface area contributed by atoms with E-state index in [1.165, 1.54) is 27.1 Å². The maximum atomic E-state index is 4.62. The van der Waals surface area contributed by atoms with Gasteiger partial charge in [0.25, 0.3) is 0 Å². The van der Waals surface area contributed by atoms with E-state index in [0.29, 0.717) is 0 Å². The van der Waals surface area contributed by atoms with Crippen LogP contribution in [-0.4, -0.2) is 38.3 Å². The number of hydrogen-bond donors (Lipinski definition) is 0. The van der Waals surface area contributed by atoms with E-state index in [1.54, 1.807) is 0 Å². The molecule has 0 aliphatic rings. The fourth-order valence-corrected chi connectivity index (χ4v) is 2.60. The van der Waals surface area contributed by atoms with Crippen molar-refractivity contribution in [1.29, 1.82) is 0 Å². The molecule has 0 unspecified atom stereocenters. The Bertz CT molecular complexity index is 734. The van der Waals surface area contributed by atoms with E-state index in [0.717, 1.165) is 13.1 Å². The van der Waals surface area contributed by atoms with Gasteiger partial charge in [-0.15, -0.1) is 0 Å². The number of benzene rings is 3. The summed E-state index contributed by atoms with van der Waals surface area (Å²) in [6.07, 6.45) is 2.04. The van der Waals surface area contributed by atoms with E-state index in [1.807, 2.05) is 6.21 Å². The second-order valence-electron chi connectivity index (χ2n) is 5.57. The fourth-order valence-electron chi connectivity index (χ4n) is 2.60. The molecule has 0 atom stereocenters. The van der Waals surface area contributed by atoms with Crippen LogP contribution in [0.15, 0.2) is 59.6 Å². The zero-order valence-electron chi connectivity index (χ0n) is 12.6. The maximum absolute atomic E-state index is 4.62. The largest absolute Gasteiger partial charge is 0.308 e. The minimum Gasteiger partial charge on any atom is -0.308 e. The van der Waals surface area contributed by atoms with Crippen LogP contribution in [-0.2, 0) is 0 Å². The van der Waals surface area contributed by atoms with Gasteiger partial charge in [0.05, 0.1) is 6.54 Å². The van der Waals surface area contributed by atoms with Gasteiger partial charge in [-0.25, -0.2) is 0 Å². The highest BCUT2D eigenvalue weighted by Gasteiger charge is 2.04. The Morgan fingerprint density at radius 1 is 0.905 bits per heavy atom. The van der Waals surface area contributed by atoms with Crippen LogP contribution in [0.2, 0.25) is 0 Å². The van der Waals surface area contributed by atoms with Gasteiger partial charge in [-0.05, 0) is 41.7 Å². The number of likely N-dealkylation sites (N-methyl/N-ethyl adjacent to an activating group) is 1.